The molecule has 7 aliphatic rings. The Morgan fingerprint density at radius 1 is 0.682 bits per heavy atom. The molecule has 3 aliphatic heterocycles. The predicted octanol–water partition coefficient (Wildman–Crippen LogP) is -0.0284. The summed E-state index contributed by atoms with van der Waals surface area (Å²) in [5.41, 5.74) is -2.43. The summed E-state index contributed by atoms with van der Waals surface area (Å²) >= 11 is 0. The fourth-order valence-electron chi connectivity index (χ4n) is 14.9. The number of hydrogen-bond donors (Lipinski definition) is 12. The molecular formula is C48H82O18. The number of rotatable bonds is 12. The van der Waals surface area contributed by atoms with Crippen LogP contribution in [0.4, 0.5) is 0 Å². The topological polar surface area (TPSA) is 298 Å². The number of aliphatic hydroxyl groups excluding tert-OH is 12. The lowest BCUT2D eigenvalue weighted by Crippen LogP contribution is -2.71. The van der Waals surface area contributed by atoms with Crippen LogP contribution in [0.3, 0.4) is 0 Å². The third-order valence-electron chi connectivity index (χ3n) is 18.7. The monoisotopic (exact) mass is 947 g/mol. The average molecular weight is 947 g/mol. The molecule has 4 saturated carbocycles. The van der Waals surface area contributed by atoms with Crippen LogP contribution in [-0.2, 0) is 28.4 Å². The van der Waals surface area contributed by atoms with E-state index in [9.17, 15) is 61.3 Å². The van der Waals surface area contributed by atoms with Gasteiger partial charge in [0.2, 0.25) is 0 Å². The second-order valence-electron chi connectivity index (χ2n) is 23.0. The summed E-state index contributed by atoms with van der Waals surface area (Å²) in [5.74, 6) is -1.12. The first kappa shape index (κ1) is 52.8. The van der Waals surface area contributed by atoms with Gasteiger partial charge >= 0.3 is 0 Å². The lowest BCUT2D eigenvalue weighted by molar-refractivity contribution is -0.382. The minimum absolute atomic E-state index is 0.0861. The Morgan fingerprint density at radius 3 is 1.89 bits per heavy atom. The van der Waals surface area contributed by atoms with Crippen LogP contribution >= 0.6 is 0 Å². The molecule has 0 aromatic rings. The summed E-state index contributed by atoms with van der Waals surface area (Å²) in [7, 11) is 0. The van der Waals surface area contributed by atoms with Crippen LogP contribution in [0.15, 0.2) is 11.6 Å². The highest BCUT2D eigenvalue weighted by Crippen LogP contribution is 2.76. The predicted molar refractivity (Wildman–Crippen MR) is 234 cm³/mol. The van der Waals surface area contributed by atoms with E-state index in [1.165, 1.54) is 6.92 Å². The maximum absolute atomic E-state index is 12.7. The molecule has 3 heterocycles. The van der Waals surface area contributed by atoms with Gasteiger partial charge in [0.25, 0.3) is 0 Å². The van der Waals surface area contributed by atoms with E-state index in [1.807, 2.05) is 34.6 Å². The fraction of sp³-hybridized carbons (Fsp3) is 0.958. The zero-order valence-corrected chi connectivity index (χ0v) is 40.2. The third kappa shape index (κ3) is 8.69. The molecule has 26 atom stereocenters. The Morgan fingerprint density at radius 2 is 1.27 bits per heavy atom. The van der Waals surface area contributed by atoms with E-state index in [-0.39, 0.29) is 23.7 Å². The van der Waals surface area contributed by atoms with E-state index in [4.69, 9.17) is 28.4 Å². The van der Waals surface area contributed by atoms with Gasteiger partial charge in [0.05, 0.1) is 43.2 Å². The summed E-state index contributed by atoms with van der Waals surface area (Å²) in [6.07, 6.45) is -18.3. The van der Waals surface area contributed by atoms with Crippen LogP contribution in [0, 0.1) is 45.3 Å². The molecule has 18 nitrogen and oxygen atoms in total. The number of hydrogen-bond acceptors (Lipinski definition) is 18. The van der Waals surface area contributed by atoms with Crippen LogP contribution in [0.1, 0.15) is 114 Å². The molecule has 66 heavy (non-hydrogen) atoms. The molecule has 0 aromatic heterocycles. The van der Waals surface area contributed by atoms with Gasteiger partial charge in [0.1, 0.15) is 67.1 Å². The zero-order valence-electron chi connectivity index (χ0n) is 40.2. The third-order valence-corrected chi connectivity index (χ3v) is 18.7. The Bertz CT molecular complexity index is 1700. The largest absolute Gasteiger partial charge is 0.394 e. The first-order valence-electron chi connectivity index (χ1n) is 24.3. The lowest BCUT2D eigenvalue weighted by atomic mass is 9.34. The number of fused-ring (bicyclic) bond motifs is 5. The number of ether oxygens (including phenoxy) is 6. The summed E-state index contributed by atoms with van der Waals surface area (Å²) in [6, 6.07) is 0. The molecule has 0 bridgehead atoms. The first-order chi connectivity index (χ1) is 30.7. The van der Waals surface area contributed by atoms with E-state index < -0.39 is 151 Å². The molecule has 0 amide bonds. The highest BCUT2D eigenvalue weighted by atomic mass is 16.8. The van der Waals surface area contributed by atoms with Gasteiger partial charge in [0.15, 0.2) is 18.9 Å². The van der Waals surface area contributed by atoms with Crippen LogP contribution in [0.2, 0.25) is 0 Å². The minimum Gasteiger partial charge on any atom is -0.394 e. The first-order valence-corrected chi connectivity index (χ1v) is 24.3. The van der Waals surface area contributed by atoms with Gasteiger partial charge in [-0.15, -0.1) is 0 Å². The number of allylic oxidation sites excluding steroid dienone is 2. The van der Waals surface area contributed by atoms with Crippen molar-refractivity contribution in [2.24, 2.45) is 45.3 Å². The van der Waals surface area contributed by atoms with Crippen molar-refractivity contribution in [1.29, 1.82) is 0 Å². The van der Waals surface area contributed by atoms with E-state index in [2.05, 4.69) is 26.8 Å². The second-order valence-corrected chi connectivity index (χ2v) is 23.0. The van der Waals surface area contributed by atoms with Crippen LogP contribution in [0.5, 0.6) is 0 Å². The molecule has 18 heteroatoms. The lowest BCUT2D eigenvalue weighted by Gasteiger charge is -2.72. The van der Waals surface area contributed by atoms with Gasteiger partial charge in [-0.05, 0) is 124 Å². The highest BCUT2D eigenvalue weighted by molar-refractivity contribution is 5.22. The normalized spacial score (nSPS) is 53.5. The summed E-state index contributed by atoms with van der Waals surface area (Å²) in [6.45, 7) is 16.8. The van der Waals surface area contributed by atoms with Gasteiger partial charge in [-0.25, -0.2) is 0 Å². The molecular weight excluding hydrogens is 865 g/mol. The van der Waals surface area contributed by atoms with Crippen molar-refractivity contribution < 1.29 is 89.7 Å². The molecule has 0 radical (unpaired) electrons. The summed E-state index contributed by atoms with van der Waals surface area (Å²) in [5, 5.41) is 132. The average Bonchev–Trinajstić information content (AvgIpc) is 3.64. The zero-order chi connectivity index (χ0) is 48.8. The van der Waals surface area contributed by atoms with Crippen molar-refractivity contribution in [3.63, 3.8) is 0 Å². The van der Waals surface area contributed by atoms with Gasteiger partial charge in [-0.2, -0.15) is 0 Å². The van der Waals surface area contributed by atoms with Gasteiger partial charge in [-0.3, -0.25) is 0 Å². The quantitative estimate of drug-likeness (QED) is 0.0904. The molecule has 0 aromatic carbocycles. The van der Waals surface area contributed by atoms with Crippen molar-refractivity contribution >= 4 is 0 Å². The Hall–Kier alpha value is -0.980. The Kier molecular flexibility index (Phi) is 15.4. The molecule has 4 aliphatic carbocycles. The highest BCUT2D eigenvalue weighted by Gasteiger charge is 2.74. The van der Waals surface area contributed by atoms with Crippen molar-refractivity contribution in [3.8, 4) is 0 Å². The Balaban J connectivity index is 1.27. The smallest absolute Gasteiger partial charge is 0.187 e. The molecule has 0 spiro atoms. The molecule has 7 rings (SSSR count). The maximum atomic E-state index is 12.7. The van der Waals surface area contributed by atoms with E-state index >= 15 is 0 Å². The Labute approximate surface area is 388 Å². The van der Waals surface area contributed by atoms with Crippen LogP contribution < -0.4 is 0 Å². The van der Waals surface area contributed by atoms with Crippen molar-refractivity contribution in [3.05, 3.63) is 11.6 Å². The maximum Gasteiger partial charge on any atom is 0.187 e. The molecule has 3 saturated heterocycles. The van der Waals surface area contributed by atoms with Crippen molar-refractivity contribution in [2.75, 3.05) is 13.2 Å². The van der Waals surface area contributed by atoms with E-state index in [0.29, 0.717) is 51.4 Å². The molecule has 12 N–H and O–H groups in total. The van der Waals surface area contributed by atoms with E-state index in [1.54, 1.807) is 0 Å². The molecule has 7 fully saturated rings. The fourth-order valence-corrected chi connectivity index (χ4v) is 14.9. The standard InChI is InChI=1S/C48H82O18/c1-21(2)11-10-14-48(9,66-42-38(60)35(57)32(54)26(19-49)63-42)23-12-16-46(7)30(23)24(51)17-28-45(6)15-13-29(52)44(4,5)40(45)25(18-47(28,46)8)62-43-39(36(58)33(55)27(20-50)64-43)65-41-37(59)34(56)31(53)22(3)61-41/h11,22-43,49-60H,10,12-20H2,1-9H3/t22-,23-,24+,25-,26+,27+,28+,29-,30-,31-,32+,33+,34+,35-,36-,37+,38+,39+,40-,41-,42-,43+,45+,46+,47+,48?/m0/s1. The SMILES string of the molecule is CC(C)=CCCC(C)(O[C@@H]1O[C@H](CO)[C@@H](O)[C@H](O)[C@H]1O)[C@H]1CC[C@]2(C)[C@@H]1[C@H](O)C[C@@H]1[C@@]3(C)CC[C@H](O)C(C)(C)[C@@H]3[C@@H](O[C@@H]3O[C@H](CO)[C@@H](O)[C@H](O)[C@H]3O[C@@H]3O[C@@H](C)[C@H](O)[C@@H](O)[C@H]3O)C[C@]12C. The van der Waals surface area contributed by atoms with E-state index in [0.717, 1.165) is 5.57 Å². The van der Waals surface area contributed by atoms with Crippen LogP contribution in [0.25, 0.3) is 0 Å². The van der Waals surface area contributed by atoms with Crippen LogP contribution in [-0.4, -0.2) is 191 Å². The van der Waals surface area contributed by atoms with Gasteiger partial charge < -0.3 is 89.7 Å². The minimum atomic E-state index is -1.75. The molecule has 382 valence electrons. The van der Waals surface area contributed by atoms with Gasteiger partial charge in [-0.1, -0.05) is 46.3 Å². The summed E-state index contributed by atoms with van der Waals surface area (Å²) in [4.78, 5) is 0. The van der Waals surface area contributed by atoms with Crippen molar-refractivity contribution in [2.45, 2.75) is 230 Å². The second kappa shape index (κ2) is 19.2. The summed E-state index contributed by atoms with van der Waals surface area (Å²) < 4.78 is 38.1. The van der Waals surface area contributed by atoms with Gasteiger partial charge in [0, 0.05) is 0 Å². The molecule has 1 unspecified atom stereocenters. The van der Waals surface area contributed by atoms with Crippen molar-refractivity contribution in [1.82, 2.24) is 0 Å². The number of aliphatic hydroxyl groups is 12.